The van der Waals surface area contributed by atoms with E-state index in [-0.39, 0.29) is 58.4 Å². The lowest BCUT2D eigenvalue weighted by atomic mass is 9.94. The summed E-state index contributed by atoms with van der Waals surface area (Å²) in [6.07, 6.45) is 31.6. The maximum atomic E-state index is 10.3. The highest BCUT2D eigenvalue weighted by atomic mass is 32.2. The van der Waals surface area contributed by atoms with Crippen LogP contribution in [0, 0.1) is 0 Å². The summed E-state index contributed by atoms with van der Waals surface area (Å²) in [6.45, 7) is 19.5. The molecule has 616 valence electrons. The number of ether oxygens (including phenoxy) is 11. The molecule has 18 unspecified atom stereocenters. The zero-order valence-electron chi connectivity index (χ0n) is 63.7. The number of fused-ring (bicyclic) bond motifs is 4. The molecule has 14 rings (SSSR count). The number of hydrogen-bond donors (Lipinski definition) is 10. The van der Waals surface area contributed by atoms with E-state index < -0.39 is 31.0 Å². The Morgan fingerprint density at radius 3 is 1.29 bits per heavy atom. The highest BCUT2D eigenvalue weighted by molar-refractivity contribution is 8.02. The van der Waals surface area contributed by atoms with E-state index in [1.807, 2.05) is 20.8 Å². The second-order valence-electron chi connectivity index (χ2n) is 28.7. The van der Waals surface area contributed by atoms with Crippen molar-refractivity contribution >= 4 is 106 Å². The van der Waals surface area contributed by atoms with Gasteiger partial charge in [-0.2, -0.15) is 0 Å². The lowest BCUT2D eigenvalue weighted by molar-refractivity contribution is -0.115. The molecule has 10 N–H and O–H groups in total. The Bertz CT molecular complexity index is 2060. The fourth-order valence-corrected chi connectivity index (χ4v) is 22.7. The van der Waals surface area contributed by atoms with E-state index in [2.05, 4.69) is 13.8 Å². The van der Waals surface area contributed by atoms with Crippen LogP contribution in [0.15, 0.2) is 0 Å². The van der Waals surface area contributed by atoms with Crippen LogP contribution in [0.3, 0.4) is 0 Å². The van der Waals surface area contributed by atoms with Crippen LogP contribution < -0.4 is 0 Å². The second-order valence-corrected chi connectivity index (χ2v) is 41.2. The summed E-state index contributed by atoms with van der Waals surface area (Å²) in [5.74, 6) is 8.44. The number of thioether (sulfide) groups is 9. The van der Waals surface area contributed by atoms with Gasteiger partial charge in [-0.3, -0.25) is 0 Å². The van der Waals surface area contributed by atoms with E-state index in [9.17, 15) is 35.7 Å². The van der Waals surface area contributed by atoms with Gasteiger partial charge in [0.1, 0.15) is 46.4 Å². The van der Waals surface area contributed by atoms with Gasteiger partial charge in [-0.15, -0.1) is 106 Å². The third-order valence-corrected chi connectivity index (χ3v) is 31.2. The lowest BCUT2D eigenvalue weighted by Gasteiger charge is -2.40. The average Bonchev–Trinajstić information content (AvgIpc) is 1.67. The lowest BCUT2D eigenvalue weighted by Crippen LogP contribution is -2.44. The highest BCUT2D eigenvalue weighted by Gasteiger charge is 2.45. The fraction of sp³-hybridized carbons (Fsp3) is 1.00. The van der Waals surface area contributed by atoms with Crippen molar-refractivity contribution < 1.29 is 103 Å². The Balaban J connectivity index is 0.000000208. The summed E-state index contributed by atoms with van der Waals surface area (Å²) in [7, 11) is 0. The quantitative estimate of drug-likeness (QED) is 0.108. The average molecular weight is 1650 g/mol. The van der Waals surface area contributed by atoms with Crippen LogP contribution in [0.5, 0.6) is 0 Å². The Morgan fingerprint density at radius 1 is 0.308 bits per heavy atom. The van der Waals surface area contributed by atoms with Crippen molar-refractivity contribution in [3.05, 3.63) is 0 Å². The smallest absolute Gasteiger partial charge is 0.178 e. The van der Waals surface area contributed by atoms with Crippen molar-refractivity contribution in [3.63, 3.8) is 0 Å². The van der Waals surface area contributed by atoms with Gasteiger partial charge in [-0.25, -0.2) is 0 Å². The Hall–Kier alpha value is 2.31. The van der Waals surface area contributed by atoms with E-state index >= 15 is 0 Å². The molecule has 10 saturated heterocycles. The zero-order valence-corrected chi connectivity index (χ0v) is 71.1. The minimum atomic E-state index is -0.697. The van der Waals surface area contributed by atoms with Gasteiger partial charge in [0.15, 0.2) is 6.29 Å². The molecule has 10 heterocycles. The third kappa shape index (κ3) is 41.2. The summed E-state index contributed by atoms with van der Waals surface area (Å²) in [6, 6.07) is 0. The first-order valence-electron chi connectivity index (χ1n) is 39.4. The monoisotopic (exact) mass is 1650 g/mol. The summed E-state index contributed by atoms with van der Waals surface area (Å²) >= 11 is 14.7. The molecule has 0 aromatic heterocycles. The van der Waals surface area contributed by atoms with Crippen LogP contribution in [-0.2, 0) is 52.1 Å². The standard InChI is InChI=1S/C10H18O2S.2C9H16O2S.C8H14O2S.3C7H14O2S.2C6H12O2S.C5H10O3/c11-10-6-2-1-5-9(10)12-7-3-4-8-13-10;10-9-5-3-4-8(9)11-6-1-2-7-12-9;10-9-5-2-1-4-8(9)11-6-3-7-12-9;9-8-4-1-3-7(8)10-5-2-6-11-8;1-6-7(2,8)10-5-3-4-9-6;1-6-3-2-4-10-7(8)5-9-6;1-6-3-2-4-9-5-7(8)10-6;1-5-6(7)9-4-2-3-8-5;7-6-5-8-3-1-2-4-9-6;6-5-4-7-2-1-3-8-5/h9,11H,1-8H2;2*8,10H,1-7H2;7,9H,1-6H2;6,8H,3-5H2,1-2H3;2*6-8H,2-5H2,1H3;5-7H,2-4H2,1H3;6-7H,1-5H2;5-6H,1-4H2. The molecule has 10 aliphatic heterocycles. The molecule has 0 amide bonds. The van der Waals surface area contributed by atoms with Gasteiger partial charge in [0, 0.05) is 64.7 Å². The minimum Gasteiger partial charge on any atom is -0.380 e. The molecule has 21 nitrogen and oxygen atoms in total. The number of rotatable bonds is 0. The van der Waals surface area contributed by atoms with E-state index in [4.69, 9.17) is 67.4 Å². The number of aliphatic hydroxyl groups is 10. The van der Waals surface area contributed by atoms with Gasteiger partial charge >= 0.3 is 0 Å². The molecule has 30 heteroatoms. The normalized spacial score (nSPS) is 39.5. The second kappa shape index (κ2) is 56.6. The molecule has 0 bridgehead atoms. The molecular weight excluding hydrogens is 1510 g/mol. The van der Waals surface area contributed by atoms with Crippen LogP contribution in [0.25, 0.3) is 0 Å². The van der Waals surface area contributed by atoms with Crippen LogP contribution in [0.2, 0.25) is 0 Å². The Labute approximate surface area is 664 Å². The molecular formula is C74H140O21S9. The fourth-order valence-electron chi connectivity index (χ4n) is 13.0. The molecule has 104 heavy (non-hydrogen) atoms. The van der Waals surface area contributed by atoms with Crippen molar-refractivity contribution in [3.8, 4) is 0 Å². The van der Waals surface area contributed by atoms with Gasteiger partial charge < -0.3 is 103 Å². The molecule has 14 aliphatic rings. The maximum absolute atomic E-state index is 10.3. The largest absolute Gasteiger partial charge is 0.380 e. The molecule has 18 atom stereocenters. The van der Waals surface area contributed by atoms with Gasteiger partial charge in [-0.05, 0) is 247 Å². The molecule has 4 aliphatic carbocycles. The molecule has 0 spiro atoms. The van der Waals surface area contributed by atoms with E-state index in [0.717, 1.165) is 253 Å². The van der Waals surface area contributed by atoms with Crippen molar-refractivity contribution in [2.45, 2.75) is 321 Å². The van der Waals surface area contributed by atoms with Gasteiger partial charge in [0.2, 0.25) is 0 Å². The van der Waals surface area contributed by atoms with E-state index in [0.29, 0.717) is 51.0 Å². The number of hydrogen-bond acceptors (Lipinski definition) is 30. The van der Waals surface area contributed by atoms with Crippen LogP contribution >= 0.6 is 106 Å². The highest BCUT2D eigenvalue weighted by Crippen LogP contribution is 2.46. The van der Waals surface area contributed by atoms with Crippen molar-refractivity contribution in [2.24, 2.45) is 0 Å². The maximum Gasteiger partial charge on any atom is 0.178 e. The van der Waals surface area contributed by atoms with Crippen LogP contribution in [-0.4, -0.2) is 290 Å². The van der Waals surface area contributed by atoms with E-state index in [1.54, 1.807) is 106 Å². The molecule has 0 aromatic carbocycles. The predicted octanol–water partition coefficient (Wildman–Crippen LogP) is 12.2. The summed E-state index contributed by atoms with van der Waals surface area (Å²) in [5.41, 5.74) is -1.21. The van der Waals surface area contributed by atoms with Gasteiger partial charge in [0.25, 0.3) is 0 Å². The molecule has 0 radical (unpaired) electrons. The first-order chi connectivity index (χ1) is 50.0. The zero-order chi connectivity index (χ0) is 75.2. The summed E-state index contributed by atoms with van der Waals surface area (Å²) in [5, 5.41) is 96.4. The molecule has 0 aromatic rings. The van der Waals surface area contributed by atoms with Crippen molar-refractivity contribution in [2.75, 3.05) is 139 Å². The van der Waals surface area contributed by atoms with Crippen molar-refractivity contribution in [1.29, 1.82) is 0 Å². The minimum absolute atomic E-state index is 0.0116. The van der Waals surface area contributed by atoms with Gasteiger partial charge in [-0.1, -0.05) is 19.8 Å². The van der Waals surface area contributed by atoms with Crippen LogP contribution in [0.1, 0.15) is 221 Å². The van der Waals surface area contributed by atoms with Crippen LogP contribution in [0.4, 0.5) is 0 Å². The first kappa shape index (κ1) is 96.9. The summed E-state index contributed by atoms with van der Waals surface area (Å²) in [4.78, 5) is -2.86. The first-order valence-corrected chi connectivity index (χ1v) is 48.4. The number of aliphatic hydroxyl groups excluding tert-OH is 5. The predicted molar refractivity (Wildman–Crippen MR) is 435 cm³/mol. The molecule has 4 saturated carbocycles. The van der Waals surface area contributed by atoms with Crippen molar-refractivity contribution in [1.82, 2.24) is 0 Å². The third-order valence-electron chi connectivity index (χ3n) is 19.4. The molecule has 14 fully saturated rings. The summed E-state index contributed by atoms with van der Waals surface area (Å²) < 4.78 is 58.5. The Morgan fingerprint density at radius 2 is 0.712 bits per heavy atom. The van der Waals surface area contributed by atoms with Gasteiger partial charge in [0.05, 0.1) is 75.8 Å². The van der Waals surface area contributed by atoms with E-state index in [1.165, 1.54) is 32.1 Å². The topological polar surface area (TPSA) is 304 Å². The Kier molecular flexibility index (Phi) is 52.7. The SMILES string of the molecule is CC1CCCOCC(O)S1.CC1CCCSC(O)CO1.CC1OCCCSC1(C)O.CC1OCCCSC1O.OC12CCCC1OCCCCS2.OC12CCCC1OCCCS2.OC12CCCCC1OCCCCS2.OC12CCCCC1OCCCS2.OC1COCCCCS1.OC1COCCCO1.